The largest absolute Gasteiger partial charge is 0.378 e. The van der Waals surface area contributed by atoms with Gasteiger partial charge in [-0.05, 0) is 25.0 Å². The van der Waals surface area contributed by atoms with Crippen LogP contribution in [0.2, 0.25) is 0 Å². The van der Waals surface area contributed by atoms with Crippen molar-refractivity contribution in [2.24, 2.45) is 0 Å². The van der Waals surface area contributed by atoms with Gasteiger partial charge in [0.15, 0.2) is 0 Å². The molecule has 0 saturated carbocycles. The number of carbonyl (C=O) groups is 1. The lowest BCUT2D eigenvalue weighted by atomic mass is 10.0. The first kappa shape index (κ1) is 19.2. The molecule has 3 rings (SSSR count). The molecule has 1 aromatic rings. The maximum atomic E-state index is 12.7. The number of hydrogen-bond acceptors (Lipinski definition) is 4. The van der Waals surface area contributed by atoms with Crippen molar-refractivity contribution in [3.63, 3.8) is 0 Å². The van der Waals surface area contributed by atoms with Gasteiger partial charge in [0.1, 0.15) is 6.10 Å². The third-order valence-corrected chi connectivity index (χ3v) is 4.71. The Balaban J connectivity index is 0.00000208. The summed E-state index contributed by atoms with van der Waals surface area (Å²) in [6.07, 6.45) is 0.456. The van der Waals surface area contributed by atoms with E-state index in [1.165, 1.54) is 11.1 Å². The lowest BCUT2D eigenvalue weighted by Crippen LogP contribution is -2.51. The molecule has 0 aliphatic carbocycles. The smallest absolute Gasteiger partial charge is 0.224 e. The number of ether oxygens (including phenoxy) is 2. The Morgan fingerprint density at radius 3 is 2.83 bits per heavy atom. The standard InChI is InChI=1S/C18H26N2O3.ClH/c1-13-5-3-4-6-16(13)17-10-20(14(2)11-23-17)18(21)9-15-12-22-8-7-19-15;/h3-6,14-15,17,19H,7-12H2,1-2H3;1H. The Kier molecular flexibility index (Phi) is 7.04. The quantitative estimate of drug-likeness (QED) is 0.903. The number of carbonyl (C=O) groups excluding carboxylic acids is 1. The van der Waals surface area contributed by atoms with E-state index >= 15 is 0 Å². The van der Waals surface area contributed by atoms with E-state index in [-0.39, 0.29) is 36.5 Å². The minimum Gasteiger partial charge on any atom is -0.378 e. The van der Waals surface area contributed by atoms with Crippen LogP contribution in [0.1, 0.15) is 30.6 Å². The molecule has 0 spiro atoms. The van der Waals surface area contributed by atoms with Crippen LogP contribution in [0.5, 0.6) is 0 Å². The van der Waals surface area contributed by atoms with Crippen molar-refractivity contribution in [2.45, 2.75) is 38.5 Å². The minimum absolute atomic E-state index is 0. The summed E-state index contributed by atoms with van der Waals surface area (Å²) in [5.41, 5.74) is 2.39. The first-order chi connectivity index (χ1) is 11.1. The highest BCUT2D eigenvalue weighted by atomic mass is 35.5. The molecular formula is C18H27ClN2O3. The Morgan fingerprint density at radius 2 is 2.12 bits per heavy atom. The van der Waals surface area contributed by atoms with Gasteiger partial charge < -0.3 is 19.7 Å². The SMILES string of the molecule is Cc1ccccc1C1CN(C(=O)CC2COCCN2)C(C)CO1.Cl. The zero-order valence-electron chi connectivity index (χ0n) is 14.4. The van der Waals surface area contributed by atoms with Crippen molar-refractivity contribution >= 4 is 18.3 Å². The molecule has 3 unspecified atom stereocenters. The predicted octanol–water partition coefficient (Wildman–Crippen LogP) is 2.08. The van der Waals surface area contributed by atoms with E-state index in [9.17, 15) is 4.79 Å². The molecule has 5 nitrogen and oxygen atoms in total. The number of halogens is 1. The molecule has 0 radical (unpaired) electrons. The highest BCUT2D eigenvalue weighted by molar-refractivity contribution is 5.85. The molecule has 2 fully saturated rings. The van der Waals surface area contributed by atoms with E-state index < -0.39 is 0 Å². The number of nitrogens with zero attached hydrogens (tertiary/aromatic N) is 1. The number of morpholine rings is 2. The lowest BCUT2D eigenvalue weighted by Gasteiger charge is -2.39. The number of hydrogen-bond donors (Lipinski definition) is 1. The summed E-state index contributed by atoms with van der Waals surface area (Å²) in [7, 11) is 0. The molecule has 2 aliphatic heterocycles. The number of benzene rings is 1. The molecule has 2 saturated heterocycles. The summed E-state index contributed by atoms with van der Waals surface area (Å²) in [5.74, 6) is 0.183. The van der Waals surface area contributed by atoms with Crippen molar-refractivity contribution in [3.8, 4) is 0 Å². The van der Waals surface area contributed by atoms with Crippen LogP contribution in [0.4, 0.5) is 0 Å². The van der Waals surface area contributed by atoms with Crippen molar-refractivity contribution in [2.75, 3.05) is 32.9 Å². The average molecular weight is 355 g/mol. The zero-order valence-corrected chi connectivity index (χ0v) is 15.2. The van der Waals surface area contributed by atoms with Gasteiger partial charge in [-0.15, -0.1) is 12.4 Å². The second-order valence-electron chi connectivity index (χ2n) is 6.50. The summed E-state index contributed by atoms with van der Waals surface area (Å²) in [6, 6.07) is 8.48. The molecule has 1 N–H and O–H groups in total. The number of rotatable bonds is 3. The van der Waals surface area contributed by atoms with E-state index in [0.29, 0.717) is 26.2 Å². The monoisotopic (exact) mass is 354 g/mol. The van der Waals surface area contributed by atoms with E-state index in [4.69, 9.17) is 9.47 Å². The normalized spacial score (nSPS) is 27.4. The van der Waals surface area contributed by atoms with Gasteiger partial charge >= 0.3 is 0 Å². The lowest BCUT2D eigenvalue weighted by molar-refractivity contribution is -0.145. The van der Waals surface area contributed by atoms with Crippen LogP contribution in [-0.2, 0) is 14.3 Å². The predicted molar refractivity (Wildman–Crippen MR) is 95.5 cm³/mol. The number of nitrogens with one attached hydrogen (secondary N) is 1. The van der Waals surface area contributed by atoms with Gasteiger partial charge in [-0.2, -0.15) is 0 Å². The van der Waals surface area contributed by atoms with Crippen LogP contribution in [0.25, 0.3) is 0 Å². The third kappa shape index (κ3) is 4.48. The van der Waals surface area contributed by atoms with E-state index in [2.05, 4.69) is 31.3 Å². The van der Waals surface area contributed by atoms with Crippen LogP contribution >= 0.6 is 12.4 Å². The van der Waals surface area contributed by atoms with Crippen molar-refractivity contribution in [1.29, 1.82) is 0 Å². The summed E-state index contributed by atoms with van der Waals surface area (Å²) in [5, 5.41) is 3.35. The van der Waals surface area contributed by atoms with Gasteiger partial charge in [0.05, 0.1) is 32.4 Å². The Labute approximate surface area is 150 Å². The molecule has 2 aliphatic rings. The zero-order chi connectivity index (χ0) is 16.2. The summed E-state index contributed by atoms with van der Waals surface area (Å²) in [6.45, 7) is 7.52. The van der Waals surface area contributed by atoms with Crippen molar-refractivity contribution < 1.29 is 14.3 Å². The van der Waals surface area contributed by atoms with E-state index in [1.807, 2.05) is 17.0 Å². The van der Waals surface area contributed by atoms with Gasteiger partial charge in [-0.25, -0.2) is 0 Å². The maximum absolute atomic E-state index is 12.7. The summed E-state index contributed by atoms with van der Waals surface area (Å²) < 4.78 is 11.4. The van der Waals surface area contributed by atoms with E-state index in [1.54, 1.807) is 0 Å². The highest BCUT2D eigenvalue weighted by Crippen LogP contribution is 2.27. The van der Waals surface area contributed by atoms with Gasteiger partial charge in [0, 0.05) is 19.0 Å². The second-order valence-corrected chi connectivity index (χ2v) is 6.50. The topological polar surface area (TPSA) is 50.8 Å². The van der Waals surface area contributed by atoms with Crippen LogP contribution in [0.3, 0.4) is 0 Å². The van der Waals surface area contributed by atoms with Crippen molar-refractivity contribution in [3.05, 3.63) is 35.4 Å². The molecule has 3 atom stereocenters. The fraction of sp³-hybridized carbons (Fsp3) is 0.611. The fourth-order valence-electron chi connectivity index (χ4n) is 3.32. The molecule has 1 amide bonds. The summed E-state index contributed by atoms with van der Waals surface area (Å²) in [4.78, 5) is 14.7. The van der Waals surface area contributed by atoms with Gasteiger partial charge in [0.25, 0.3) is 0 Å². The molecule has 6 heteroatoms. The Morgan fingerprint density at radius 1 is 1.33 bits per heavy atom. The van der Waals surface area contributed by atoms with Gasteiger partial charge in [-0.3, -0.25) is 4.79 Å². The Hall–Kier alpha value is -1.14. The minimum atomic E-state index is -0.0353. The molecule has 0 aromatic heterocycles. The molecular weight excluding hydrogens is 328 g/mol. The molecule has 2 heterocycles. The molecule has 134 valence electrons. The van der Waals surface area contributed by atoms with Crippen LogP contribution in [0.15, 0.2) is 24.3 Å². The van der Waals surface area contributed by atoms with Crippen LogP contribution in [-0.4, -0.2) is 55.8 Å². The van der Waals surface area contributed by atoms with E-state index in [0.717, 1.165) is 13.2 Å². The van der Waals surface area contributed by atoms with Gasteiger partial charge in [-0.1, -0.05) is 24.3 Å². The molecule has 0 bridgehead atoms. The number of aryl methyl sites for hydroxylation is 1. The van der Waals surface area contributed by atoms with Gasteiger partial charge in [0.2, 0.25) is 5.91 Å². The van der Waals surface area contributed by atoms with Crippen molar-refractivity contribution in [1.82, 2.24) is 10.2 Å². The number of amides is 1. The summed E-state index contributed by atoms with van der Waals surface area (Å²) >= 11 is 0. The van der Waals surface area contributed by atoms with Crippen LogP contribution in [0, 0.1) is 6.92 Å². The Bertz CT molecular complexity index is 549. The average Bonchev–Trinajstić information content (AvgIpc) is 2.57. The van der Waals surface area contributed by atoms with Crippen LogP contribution < -0.4 is 5.32 Å². The highest BCUT2D eigenvalue weighted by Gasteiger charge is 2.32. The fourth-order valence-corrected chi connectivity index (χ4v) is 3.32. The molecule has 24 heavy (non-hydrogen) atoms. The first-order valence-corrected chi connectivity index (χ1v) is 8.43. The second kappa shape index (κ2) is 8.81. The third-order valence-electron chi connectivity index (χ3n) is 4.71. The maximum Gasteiger partial charge on any atom is 0.224 e. The first-order valence-electron chi connectivity index (χ1n) is 8.43. The molecule has 1 aromatic carbocycles.